The number of carbonyl (C=O) groups excluding carboxylic acids is 1. The van der Waals surface area contributed by atoms with Crippen LogP contribution in [0.2, 0.25) is 0 Å². The van der Waals surface area contributed by atoms with Gasteiger partial charge in [0.1, 0.15) is 5.75 Å². The van der Waals surface area contributed by atoms with Gasteiger partial charge in [0.05, 0.1) is 11.9 Å². The fourth-order valence-electron chi connectivity index (χ4n) is 2.39. The minimum Gasteiger partial charge on any atom is -0.484 e. The summed E-state index contributed by atoms with van der Waals surface area (Å²) in [5.41, 5.74) is 0. The second kappa shape index (κ2) is 7.29. The van der Waals surface area contributed by atoms with E-state index in [9.17, 15) is 18.3 Å². The maximum absolute atomic E-state index is 12.1. The Balaban J connectivity index is 1.89. The van der Waals surface area contributed by atoms with E-state index < -0.39 is 22.0 Å². The Morgan fingerprint density at radius 1 is 1.30 bits per heavy atom. The molecule has 7 nitrogen and oxygen atoms in total. The zero-order chi connectivity index (χ0) is 17.0. The second-order valence-electron chi connectivity index (χ2n) is 5.79. The lowest BCUT2D eigenvalue weighted by Gasteiger charge is -2.18. The molecule has 23 heavy (non-hydrogen) atoms. The van der Waals surface area contributed by atoms with Crippen molar-refractivity contribution in [3.8, 4) is 5.75 Å². The molecule has 1 saturated heterocycles. The summed E-state index contributed by atoms with van der Waals surface area (Å²) in [6, 6.07) is 8.96. The third kappa shape index (κ3) is 4.66. The molecule has 0 aromatic heterocycles. The van der Waals surface area contributed by atoms with E-state index in [4.69, 9.17) is 4.74 Å². The maximum atomic E-state index is 12.1. The van der Waals surface area contributed by atoms with Gasteiger partial charge < -0.3 is 14.7 Å². The van der Waals surface area contributed by atoms with Crippen LogP contribution in [0.4, 0.5) is 0 Å². The molecular weight excluding hydrogens is 320 g/mol. The number of para-hydroxylation sites is 1. The quantitative estimate of drug-likeness (QED) is 0.772. The molecule has 0 unspecified atom stereocenters. The standard InChI is InChI=1S/C15H22N2O5S/c1-16(2)23(20,21)11-12-8-17(9-14(12)18)15(19)10-22-13-6-4-3-5-7-13/h3-7,12,14,18H,8-11H2,1-2H3/t12-,14+/m0/s1. The molecule has 1 N–H and O–H groups in total. The third-order valence-corrected chi connectivity index (χ3v) is 5.81. The summed E-state index contributed by atoms with van der Waals surface area (Å²) >= 11 is 0. The summed E-state index contributed by atoms with van der Waals surface area (Å²) < 4.78 is 30.3. The number of hydrogen-bond acceptors (Lipinski definition) is 5. The number of β-amino-alcohol motifs (C(OH)–C–C–N with tert-alkyl or cyclic N) is 1. The van der Waals surface area contributed by atoms with Crippen LogP contribution in [0.3, 0.4) is 0 Å². The first-order valence-corrected chi connectivity index (χ1v) is 8.94. The molecule has 0 aliphatic carbocycles. The second-order valence-corrected chi connectivity index (χ2v) is 8.02. The maximum Gasteiger partial charge on any atom is 0.260 e. The zero-order valence-electron chi connectivity index (χ0n) is 13.3. The van der Waals surface area contributed by atoms with Crippen LogP contribution in [0.5, 0.6) is 5.75 Å². The van der Waals surface area contributed by atoms with Crippen molar-refractivity contribution in [2.24, 2.45) is 5.92 Å². The van der Waals surface area contributed by atoms with Crippen molar-refractivity contribution < 1.29 is 23.1 Å². The van der Waals surface area contributed by atoms with E-state index in [1.807, 2.05) is 18.2 Å². The van der Waals surface area contributed by atoms with Gasteiger partial charge in [-0.1, -0.05) is 18.2 Å². The molecule has 1 aromatic carbocycles. The SMILES string of the molecule is CN(C)S(=O)(=O)C[C@@H]1CN(C(=O)COc2ccccc2)C[C@H]1O. The average Bonchev–Trinajstić information content (AvgIpc) is 2.86. The highest BCUT2D eigenvalue weighted by molar-refractivity contribution is 7.89. The van der Waals surface area contributed by atoms with E-state index in [1.165, 1.54) is 19.0 Å². The van der Waals surface area contributed by atoms with Gasteiger partial charge in [-0.3, -0.25) is 4.79 Å². The van der Waals surface area contributed by atoms with Crippen LogP contribution in [0.15, 0.2) is 30.3 Å². The smallest absolute Gasteiger partial charge is 0.260 e. The number of benzene rings is 1. The highest BCUT2D eigenvalue weighted by Gasteiger charge is 2.37. The fourth-order valence-corrected chi connectivity index (χ4v) is 3.56. The predicted molar refractivity (Wildman–Crippen MR) is 85.5 cm³/mol. The lowest BCUT2D eigenvalue weighted by molar-refractivity contribution is -0.132. The van der Waals surface area contributed by atoms with E-state index >= 15 is 0 Å². The number of aliphatic hydroxyl groups excluding tert-OH is 1. The number of rotatable bonds is 6. The predicted octanol–water partition coefficient (Wildman–Crippen LogP) is -0.224. The largest absolute Gasteiger partial charge is 0.484 e. The molecule has 2 rings (SSSR count). The van der Waals surface area contributed by atoms with Gasteiger partial charge in [0.25, 0.3) is 5.91 Å². The summed E-state index contributed by atoms with van der Waals surface area (Å²) in [6.45, 7) is 0.208. The average molecular weight is 342 g/mol. The lowest BCUT2D eigenvalue weighted by atomic mass is 10.1. The van der Waals surface area contributed by atoms with Crippen LogP contribution >= 0.6 is 0 Å². The van der Waals surface area contributed by atoms with Gasteiger partial charge in [-0.2, -0.15) is 0 Å². The monoisotopic (exact) mass is 342 g/mol. The van der Waals surface area contributed by atoms with E-state index in [-0.39, 0.29) is 31.4 Å². The summed E-state index contributed by atoms with van der Waals surface area (Å²) in [5, 5.41) is 10.0. The number of aliphatic hydroxyl groups is 1. The van der Waals surface area contributed by atoms with Crippen LogP contribution in [-0.2, 0) is 14.8 Å². The van der Waals surface area contributed by atoms with Gasteiger partial charge >= 0.3 is 0 Å². The minimum absolute atomic E-state index is 0.130. The molecule has 1 amide bonds. The highest BCUT2D eigenvalue weighted by Crippen LogP contribution is 2.20. The molecule has 1 heterocycles. The molecule has 2 atom stereocenters. The molecular formula is C15H22N2O5S. The van der Waals surface area contributed by atoms with Crippen molar-refractivity contribution >= 4 is 15.9 Å². The molecule has 8 heteroatoms. The fraction of sp³-hybridized carbons (Fsp3) is 0.533. The van der Waals surface area contributed by atoms with Crippen molar-refractivity contribution in [3.63, 3.8) is 0 Å². The Hall–Kier alpha value is -1.64. The molecule has 128 valence electrons. The van der Waals surface area contributed by atoms with Gasteiger partial charge in [-0.05, 0) is 12.1 Å². The van der Waals surface area contributed by atoms with Crippen LogP contribution in [-0.4, -0.2) is 74.3 Å². The molecule has 1 aliphatic heterocycles. The van der Waals surface area contributed by atoms with Gasteiger partial charge in [0.15, 0.2) is 6.61 Å². The van der Waals surface area contributed by atoms with Gasteiger partial charge in [-0.25, -0.2) is 12.7 Å². The van der Waals surface area contributed by atoms with Crippen LogP contribution in [0.1, 0.15) is 0 Å². The molecule has 0 saturated carbocycles. The van der Waals surface area contributed by atoms with Crippen molar-refractivity contribution in [2.45, 2.75) is 6.10 Å². The first-order valence-electron chi connectivity index (χ1n) is 7.33. The van der Waals surface area contributed by atoms with Gasteiger partial charge in [-0.15, -0.1) is 0 Å². The third-order valence-electron chi connectivity index (χ3n) is 3.85. The van der Waals surface area contributed by atoms with Gasteiger partial charge in [0.2, 0.25) is 10.0 Å². The Morgan fingerprint density at radius 2 is 1.96 bits per heavy atom. The molecule has 1 fully saturated rings. The Kier molecular flexibility index (Phi) is 5.61. The number of hydrogen-bond donors (Lipinski definition) is 1. The van der Waals surface area contributed by atoms with E-state index in [0.29, 0.717) is 5.75 Å². The minimum atomic E-state index is -3.41. The van der Waals surface area contributed by atoms with Crippen LogP contribution < -0.4 is 4.74 Å². The molecule has 0 bridgehead atoms. The number of sulfonamides is 1. The molecule has 0 spiro atoms. The Labute approximate surface area is 136 Å². The Morgan fingerprint density at radius 3 is 2.57 bits per heavy atom. The number of amides is 1. The summed E-state index contributed by atoms with van der Waals surface area (Å²) in [5.74, 6) is -0.335. The Bertz CT molecular complexity index is 633. The van der Waals surface area contributed by atoms with Crippen molar-refractivity contribution in [1.82, 2.24) is 9.21 Å². The first kappa shape index (κ1) is 17.7. The normalized spacial score (nSPS) is 21.7. The van der Waals surface area contributed by atoms with Gasteiger partial charge in [0, 0.05) is 33.1 Å². The number of carbonyl (C=O) groups is 1. The lowest BCUT2D eigenvalue weighted by Crippen LogP contribution is -2.35. The molecule has 1 aliphatic rings. The summed E-state index contributed by atoms with van der Waals surface area (Å²) in [7, 11) is -0.511. The molecule has 1 aromatic rings. The van der Waals surface area contributed by atoms with Crippen molar-refractivity contribution in [1.29, 1.82) is 0 Å². The number of ether oxygens (including phenoxy) is 1. The van der Waals surface area contributed by atoms with Crippen molar-refractivity contribution in [3.05, 3.63) is 30.3 Å². The summed E-state index contributed by atoms with van der Waals surface area (Å²) in [6.07, 6.45) is -0.842. The topological polar surface area (TPSA) is 87.2 Å². The zero-order valence-corrected chi connectivity index (χ0v) is 14.1. The first-order chi connectivity index (χ1) is 10.8. The van der Waals surface area contributed by atoms with E-state index in [2.05, 4.69) is 0 Å². The van der Waals surface area contributed by atoms with E-state index in [0.717, 1.165) is 4.31 Å². The van der Waals surface area contributed by atoms with Crippen LogP contribution in [0, 0.1) is 5.92 Å². The number of likely N-dealkylation sites (tertiary alicyclic amines) is 1. The molecule has 0 radical (unpaired) electrons. The van der Waals surface area contributed by atoms with Crippen molar-refractivity contribution in [2.75, 3.05) is 39.5 Å². The highest BCUT2D eigenvalue weighted by atomic mass is 32.2. The van der Waals surface area contributed by atoms with Crippen LogP contribution in [0.25, 0.3) is 0 Å². The summed E-state index contributed by atoms with van der Waals surface area (Å²) in [4.78, 5) is 13.6. The van der Waals surface area contributed by atoms with E-state index in [1.54, 1.807) is 12.1 Å². The number of nitrogens with zero attached hydrogens (tertiary/aromatic N) is 2.